The molecular formula is C43H58N8O7. The molecule has 0 bridgehead atoms. The zero-order chi connectivity index (χ0) is 42.0. The lowest BCUT2D eigenvalue weighted by atomic mass is 9.86. The van der Waals surface area contributed by atoms with Gasteiger partial charge >= 0.3 is 12.1 Å². The molecule has 4 N–H and O–H groups in total. The van der Waals surface area contributed by atoms with Crippen molar-refractivity contribution < 1.29 is 33.8 Å². The van der Waals surface area contributed by atoms with Gasteiger partial charge < -0.3 is 39.4 Å². The fraction of sp³-hybridized carbons (Fsp3) is 0.465. The number of hydrogen-bond donors (Lipinski definition) is 4. The summed E-state index contributed by atoms with van der Waals surface area (Å²) in [5.74, 6) is 0.289. The van der Waals surface area contributed by atoms with Crippen LogP contribution in [0.25, 0.3) is 5.52 Å². The molecule has 1 aliphatic heterocycles. The standard InChI is InChI=1S/C43H58N8O7/c1-8-29(2)37(51-23-22-48(42(51)56)28-36-44-25-32-16-12-13-21-50(32)36)39(53)45-34(24-30-14-10-9-11-15-30)35(52)27-49(26-31-17-19-33(57-6)20-18-31)47-40(54)38(43(3,4)5)46-41(55)58-7/h9-21,25,29,34-35,37-38,52H,8,22-24,26-28H2,1-7H3,(H,45,53)(H,46,55)(H,47,54)/t29-,34-,35-,37-,38+/m0/s1. The summed E-state index contributed by atoms with van der Waals surface area (Å²) in [5.41, 5.74) is 4.83. The maximum atomic E-state index is 14.5. The van der Waals surface area contributed by atoms with Gasteiger partial charge in [0.25, 0.3) is 5.91 Å². The van der Waals surface area contributed by atoms with Crippen molar-refractivity contribution in [3.8, 4) is 5.75 Å². The van der Waals surface area contributed by atoms with Crippen LogP contribution in [0.5, 0.6) is 5.75 Å². The van der Waals surface area contributed by atoms with Crippen LogP contribution in [0.15, 0.2) is 85.2 Å². The van der Waals surface area contributed by atoms with Crippen LogP contribution in [0.2, 0.25) is 0 Å². The summed E-state index contributed by atoms with van der Waals surface area (Å²) in [4.78, 5) is 62.6. The quantitative estimate of drug-likeness (QED) is 0.107. The van der Waals surface area contributed by atoms with Crippen molar-refractivity contribution in [2.24, 2.45) is 11.3 Å². The van der Waals surface area contributed by atoms with Gasteiger partial charge in [0.1, 0.15) is 23.7 Å². The highest BCUT2D eigenvalue weighted by atomic mass is 16.5. The maximum absolute atomic E-state index is 14.5. The number of rotatable bonds is 18. The van der Waals surface area contributed by atoms with Gasteiger partial charge in [0.2, 0.25) is 5.91 Å². The number of methoxy groups -OCH3 is 2. The second-order valence-electron chi connectivity index (χ2n) is 15.9. The normalized spacial score (nSPS) is 15.8. The third kappa shape index (κ3) is 11.0. The van der Waals surface area contributed by atoms with E-state index in [9.17, 15) is 24.3 Å². The fourth-order valence-corrected chi connectivity index (χ4v) is 7.17. The topological polar surface area (TPSA) is 170 Å². The minimum absolute atomic E-state index is 0.104. The second kappa shape index (κ2) is 19.7. The van der Waals surface area contributed by atoms with Gasteiger partial charge in [-0.3, -0.25) is 15.0 Å². The molecule has 15 nitrogen and oxygen atoms in total. The van der Waals surface area contributed by atoms with Gasteiger partial charge in [-0.2, -0.15) is 0 Å². The van der Waals surface area contributed by atoms with Gasteiger partial charge in [0, 0.05) is 32.4 Å². The van der Waals surface area contributed by atoms with Gasteiger partial charge in [-0.1, -0.05) is 89.6 Å². The lowest BCUT2D eigenvalue weighted by Gasteiger charge is -2.36. The number of aliphatic hydroxyl groups is 1. The molecule has 1 saturated heterocycles. The number of hydrogen-bond acceptors (Lipinski definition) is 9. The average Bonchev–Trinajstić information content (AvgIpc) is 3.78. The van der Waals surface area contributed by atoms with Crippen LogP contribution < -0.4 is 20.8 Å². The highest BCUT2D eigenvalue weighted by Gasteiger charge is 2.41. The highest BCUT2D eigenvalue weighted by molar-refractivity contribution is 5.88. The summed E-state index contributed by atoms with van der Waals surface area (Å²) in [6.07, 6.45) is 2.62. The number of carbonyl (C=O) groups excluding carboxylic acids is 4. The molecule has 0 unspecified atom stereocenters. The van der Waals surface area contributed by atoms with Crippen LogP contribution in [-0.4, -0.2) is 111 Å². The van der Waals surface area contributed by atoms with Gasteiger partial charge in [0.05, 0.1) is 44.6 Å². The molecule has 15 heteroatoms. The van der Waals surface area contributed by atoms with Crippen LogP contribution in [0, 0.1) is 11.3 Å². The van der Waals surface area contributed by atoms with Gasteiger partial charge in [-0.25, -0.2) is 19.6 Å². The molecule has 5 amide bonds. The van der Waals surface area contributed by atoms with Crippen LogP contribution >= 0.6 is 0 Å². The number of benzene rings is 2. The lowest BCUT2D eigenvalue weighted by molar-refractivity contribution is -0.132. The first kappa shape index (κ1) is 43.5. The molecule has 0 spiro atoms. The molecule has 4 aromatic rings. The van der Waals surface area contributed by atoms with E-state index in [-0.39, 0.29) is 37.4 Å². The third-order valence-electron chi connectivity index (χ3n) is 10.6. The monoisotopic (exact) mass is 798 g/mol. The average molecular weight is 799 g/mol. The molecule has 5 atom stereocenters. The Kier molecular flexibility index (Phi) is 14.7. The molecule has 0 radical (unpaired) electrons. The molecular weight excluding hydrogens is 741 g/mol. The molecule has 5 rings (SSSR count). The number of hydrazine groups is 1. The Morgan fingerprint density at radius 1 is 0.931 bits per heavy atom. The molecule has 312 valence electrons. The number of fused-ring (bicyclic) bond motifs is 1. The number of nitrogens with zero attached hydrogens (tertiary/aromatic N) is 5. The number of aliphatic hydroxyl groups excluding tert-OH is 1. The zero-order valence-corrected chi connectivity index (χ0v) is 34.6. The molecule has 0 aliphatic carbocycles. The SMILES string of the molecule is CC[C@H](C)[C@@H](C(=O)N[C@@H](Cc1ccccc1)[C@@H](O)CN(Cc1ccc(OC)cc1)NC(=O)[C@@H](NC(=O)OC)C(C)(C)C)N1CCN(Cc2ncc3ccccn23)C1=O. The number of urea groups is 1. The summed E-state index contributed by atoms with van der Waals surface area (Å²) < 4.78 is 12.1. The number of carbonyl (C=O) groups is 4. The van der Waals surface area contributed by atoms with E-state index in [0.29, 0.717) is 31.8 Å². The number of aromatic nitrogens is 2. The number of amides is 5. The highest BCUT2D eigenvalue weighted by Crippen LogP contribution is 2.24. The van der Waals surface area contributed by atoms with Crippen LogP contribution in [0.1, 0.15) is 58.0 Å². The maximum Gasteiger partial charge on any atom is 0.407 e. The molecule has 2 aromatic carbocycles. The summed E-state index contributed by atoms with van der Waals surface area (Å²) in [5, 5.41) is 19.4. The smallest absolute Gasteiger partial charge is 0.407 e. The van der Waals surface area contributed by atoms with Gasteiger partial charge in [0.15, 0.2) is 0 Å². The Morgan fingerprint density at radius 2 is 1.64 bits per heavy atom. The molecule has 3 heterocycles. The largest absolute Gasteiger partial charge is 0.497 e. The number of pyridine rings is 1. The van der Waals surface area contributed by atoms with E-state index in [1.54, 1.807) is 40.2 Å². The van der Waals surface area contributed by atoms with E-state index in [0.717, 1.165) is 22.5 Å². The summed E-state index contributed by atoms with van der Waals surface area (Å²) >= 11 is 0. The van der Waals surface area contributed by atoms with Crippen molar-refractivity contribution in [3.05, 3.63) is 102 Å². The fourth-order valence-electron chi connectivity index (χ4n) is 7.17. The zero-order valence-electron chi connectivity index (χ0n) is 34.6. The van der Waals surface area contributed by atoms with E-state index in [1.165, 1.54) is 7.11 Å². The van der Waals surface area contributed by atoms with E-state index < -0.39 is 41.6 Å². The minimum Gasteiger partial charge on any atom is -0.497 e. The molecule has 0 saturated carbocycles. The molecule has 58 heavy (non-hydrogen) atoms. The van der Waals surface area contributed by atoms with E-state index in [4.69, 9.17) is 9.47 Å². The predicted molar refractivity (Wildman–Crippen MR) is 219 cm³/mol. The number of ether oxygens (including phenoxy) is 2. The van der Waals surface area contributed by atoms with E-state index in [2.05, 4.69) is 21.0 Å². The molecule has 1 aliphatic rings. The van der Waals surface area contributed by atoms with Crippen molar-refractivity contribution in [3.63, 3.8) is 0 Å². The van der Waals surface area contributed by atoms with Crippen LogP contribution in [-0.2, 0) is 33.8 Å². The van der Waals surface area contributed by atoms with Gasteiger partial charge in [-0.05, 0) is 53.1 Å². The number of imidazole rings is 1. The van der Waals surface area contributed by atoms with Crippen LogP contribution in [0.3, 0.4) is 0 Å². The minimum atomic E-state index is -1.21. The summed E-state index contributed by atoms with van der Waals surface area (Å²) in [6.45, 7) is 10.5. The third-order valence-corrected chi connectivity index (χ3v) is 10.6. The Balaban J connectivity index is 1.39. The van der Waals surface area contributed by atoms with E-state index in [1.807, 2.05) is 106 Å². The van der Waals surface area contributed by atoms with Crippen molar-refractivity contribution in [1.29, 1.82) is 0 Å². The summed E-state index contributed by atoms with van der Waals surface area (Å²) in [6, 6.07) is 19.7. The second-order valence-corrected chi connectivity index (χ2v) is 15.9. The first-order valence-corrected chi connectivity index (χ1v) is 19.7. The van der Waals surface area contributed by atoms with Crippen molar-refractivity contribution in [2.75, 3.05) is 33.9 Å². The lowest BCUT2D eigenvalue weighted by Crippen LogP contribution is -2.60. The van der Waals surface area contributed by atoms with Crippen molar-refractivity contribution in [2.45, 2.75) is 84.8 Å². The van der Waals surface area contributed by atoms with E-state index >= 15 is 0 Å². The predicted octanol–water partition coefficient (Wildman–Crippen LogP) is 4.39. The first-order chi connectivity index (χ1) is 27.7. The van der Waals surface area contributed by atoms with Crippen molar-refractivity contribution in [1.82, 2.24) is 40.3 Å². The van der Waals surface area contributed by atoms with Crippen LogP contribution in [0.4, 0.5) is 9.59 Å². The Hall–Kier alpha value is -5.67. The molecule has 2 aromatic heterocycles. The number of alkyl carbamates (subject to hydrolysis) is 1. The number of nitrogens with one attached hydrogen (secondary N) is 3. The molecule has 1 fully saturated rings. The Bertz CT molecular complexity index is 1980. The van der Waals surface area contributed by atoms with Crippen molar-refractivity contribution >= 4 is 29.5 Å². The Labute approximate surface area is 340 Å². The van der Waals surface area contributed by atoms with Gasteiger partial charge in [-0.15, -0.1) is 0 Å². The Morgan fingerprint density at radius 3 is 2.29 bits per heavy atom. The first-order valence-electron chi connectivity index (χ1n) is 19.7. The summed E-state index contributed by atoms with van der Waals surface area (Å²) in [7, 11) is 2.80.